The van der Waals surface area contributed by atoms with Crippen LogP contribution in [-0.4, -0.2) is 37.4 Å². The summed E-state index contributed by atoms with van der Waals surface area (Å²) in [4.78, 5) is 0. The van der Waals surface area contributed by atoms with Crippen LogP contribution in [0.15, 0.2) is 13.5 Å². The van der Waals surface area contributed by atoms with Gasteiger partial charge in [-0.25, -0.2) is 0 Å². The lowest BCUT2D eigenvalue weighted by Gasteiger charge is -2.27. The number of halogens is 14. The zero-order chi connectivity index (χ0) is 22.4. The van der Waals surface area contributed by atoms with E-state index in [1.807, 2.05) is 0 Å². The lowest BCUT2D eigenvalue weighted by molar-refractivity contribution is -0.289. The molecule has 0 N–H and O–H groups in total. The predicted molar refractivity (Wildman–Crippen MR) is 85.4 cm³/mol. The van der Waals surface area contributed by atoms with Crippen LogP contribution in [0.2, 0.25) is 0 Å². The van der Waals surface area contributed by atoms with Crippen molar-refractivity contribution in [3.63, 3.8) is 0 Å². The van der Waals surface area contributed by atoms with Crippen LogP contribution in [0.25, 0.3) is 0 Å². The van der Waals surface area contributed by atoms with E-state index in [0.717, 1.165) is 0 Å². The van der Waals surface area contributed by atoms with Gasteiger partial charge in [-0.3, -0.25) is 0 Å². The Bertz CT molecular complexity index is 742. The molecule has 1 heterocycles. The summed E-state index contributed by atoms with van der Waals surface area (Å²) >= 11 is 22.1. The monoisotopic (exact) mass is 573 g/mol. The molecule has 1 aliphatic heterocycles. The molecule has 0 aliphatic carbocycles. The molecule has 5 nitrogen and oxygen atoms in total. The Hall–Kier alpha value is 1.07. The van der Waals surface area contributed by atoms with Gasteiger partial charge in [0, 0.05) is 0 Å². The standard InChI is InChI=1S/C6H4Cl4F10N3O2P3/c7-26(8)21-27(9,24-1-3(11,12)5(15,16)17)23-28(10,22-26)25-2-4(13,14)6(18,19)20/h1-2H2. The summed E-state index contributed by atoms with van der Waals surface area (Å²) in [5.41, 5.74) is 0. The van der Waals surface area contributed by atoms with Crippen LogP contribution < -0.4 is 0 Å². The molecular weight excluding hydrogens is 571 g/mol. The first-order chi connectivity index (χ1) is 12.0. The molecule has 22 heteroatoms. The van der Waals surface area contributed by atoms with E-state index in [9.17, 15) is 43.9 Å². The maximum Gasteiger partial charge on any atom is 0.455 e. The van der Waals surface area contributed by atoms with Gasteiger partial charge in [0.2, 0.25) is 0 Å². The maximum absolute atomic E-state index is 12.9. The molecule has 0 bridgehead atoms. The van der Waals surface area contributed by atoms with Crippen molar-refractivity contribution >= 4 is 64.4 Å². The SMILES string of the molecule is FC(F)(F)C(F)(F)COP1(Cl)=NP(Cl)(Cl)=NP(Cl)(OCC(F)(F)C(F)(F)F)=N1. The van der Waals surface area contributed by atoms with Gasteiger partial charge in [-0.05, 0) is 45.0 Å². The van der Waals surface area contributed by atoms with Gasteiger partial charge in [-0.15, -0.1) is 0 Å². The van der Waals surface area contributed by atoms with E-state index in [-0.39, 0.29) is 0 Å². The first kappa shape index (κ1) is 27.1. The van der Waals surface area contributed by atoms with Crippen LogP contribution in [-0.2, 0) is 9.05 Å². The Balaban J connectivity index is 3.21. The summed E-state index contributed by atoms with van der Waals surface area (Å²) in [5.74, 6) is -15.1. The molecule has 0 spiro atoms. The highest BCUT2D eigenvalue weighted by molar-refractivity contribution is 8.16. The van der Waals surface area contributed by atoms with E-state index in [1.165, 1.54) is 0 Å². The van der Waals surface area contributed by atoms with E-state index in [0.29, 0.717) is 0 Å². The average Bonchev–Trinajstić information content (AvgIpc) is 2.38. The predicted octanol–water partition coefficient (Wildman–Crippen LogP) is 9.22. The van der Waals surface area contributed by atoms with Crippen LogP contribution in [0.4, 0.5) is 43.9 Å². The van der Waals surface area contributed by atoms with Crippen molar-refractivity contribution in [2.24, 2.45) is 13.5 Å². The van der Waals surface area contributed by atoms with Crippen molar-refractivity contribution in [1.82, 2.24) is 0 Å². The Kier molecular flexibility index (Phi) is 7.94. The van der Waals surface area contributed by atoms with E-state index in [2.05, 4.69) is 22.6 Å². The van der Waals surface area contributed by atoms with Crippen molar-refractivity contribution < 1.29 is 53.0 Å². The van der Waals surface area contributed by atoms with Gasteiger partial charge in [-0.1, -0.05) is 0 Å². The van der Waals surface area contributed by atoms with Gasteiger partial charge in [0.1, 0.15) is 13.2 Å². The molecule has 2 atom stereocenters. The van der Waals surface area contributed by atoms with Gasteiger partial charge in [0.15, 0.2) is 0 Å². The Labute approximate surface area is 168 Å². The fraction of sp³-hybridized carbons (Fsp3) is 1.00. The topological polar surface area (TPSA) is 55.5 Å². The summed E-state index contributed by atoms with van der Waals surface area (Å²) in [6, 6.07) is 0. The molecule has 0 aromatic carbocycles. The molecule has 0 radical (unpaired) electrons. The molecule has 28 heavy (non-hydrogen) atoms. The van der Waals surface area contributed by atoms with Gasteiger partial charge >= 0.3 is 37.8 Å². The summed E-state index contributed by atoms with van der Waals surface area (Å²) in [6.07, 6.45) is -12.1. The summed E-state index contributed by atoms with van der Waals surface area (Å²) in [7, 11) is 0. The molecule has 0 saturated carbocycles. The highest BCUT2D eigenvalue weighted by atomic mass is 35.9. The second-order valence-electron chi connectivity index (χ2n) is 4.62. The van der Waals surface area contributed by atoms with E-state index in [1.54, 1.807) is 0 Å². The Morgan fingerprint density at radius 2 is 0.893 bits per heavy atom. The molecule has 0 aromatic heterocycles. The minimum atomic E-state index is -6.07. The molecule has 0 fully saturated rings. The first-order valence-corrected chi connectivity index (χ1v) is 14.5. The quantitative estimate of drug-likeness (QED) is 0.234. The molecule has 0 saturated heterocycles. The fourth-order valence-electron chi connectivity index (χ4n) is 1.05. The Morgan fingerprint density at radius 3 is 1.21 bits per heavy atom. The van der Waals surface area contributed by atoms with Crippen molar-refractivity contribution in [3.8, 4) is 0 Å². The maximum atomic E-state index is 12.9. The number of alkyl halides is 10. The molecule has 168 valence electrons. The number of hydrogen-bond acceptors (Lipinski definition) is 5. The molecule has 2 unspecified atom stereocenters. The van der Waals surface area contributed by atoms with Crippen LogP contribution in [0.5, 0.6) is 0 Å². The summed E-state index contributed by atoms with van der Waals surface area (Å²) < 4.78 is 142. The average molecular weight is 575 g/mol. The zero-order valence-corrected chi connectivity index (χ0v) is 17.9. The van der Waals surface area contributed by atoms with Gasteiger partial charge < -0.3 is 9.05 Å². The molecule has 1 aliphatic rings. The van der Waals surface area contributed by atoms with E-state index in [4.69, 9.17) is 45.0 Å². The van der Waals surface area contributed by atoms with Crippen molar-refractivity contribution in [2.45, 2.75) is 24.2 Å². The third-order valence-corrected chi connectivity index (χ3v) is 13.9. The van der Waals surface area contributed by atoms with E-state index >= 15 is 0 Å². The van der Waals surface area contributed by atoms with Crippen LogP contribution in [0, 0.1) is 0 Å². The minimum Gasteiger partial charge on any atom is -0.309 e. The van der Waals surface area contributed by atoms with Gasteiger partial charge in [0.05, 0.1) is 0 Å². The first-order valence-electron chi connectivity index (χ1n) is 5.92. The van der Waals surface area contributed by atoms with Crippen LogP contribution >= 0.6 is 64.4 Å². The van der Waals surface area contributed by atoms with Crippen molar-refractivity contribution in [2.75, 3.05) is 13.2 Å². The van der Waals surface area contributed by atoms with Crippen LogP contribution in [0.1, 0.15) is 0 Å². The summed E-state index contributed by atoms with van der Waals surface area (Å²) in [6.45, 7) is -14.3. The lowest BCUT2D eigenvalue weighted by Crippen LogP contribution is -2.40. The van der Waals surface area contributed by atoms with Crippen molar-refractivity contribution in [3.05, 3.63) is 0 Å². The highest BCUT2D eigenvalue weighted by Gasteiger charge is 2.59. The summed E-state index contributed by atoms with van der Waals surface area (Å²) in [5, 5.41) is 0. The zero-order valence-electron chi connectivity index (χ0n) is 12.2. The molecular formula is C6H4Cl4F10N3O2P3. The Morgan fingerprint density at radius 1 is 0.571 bits per heavy atom. The normalized spacial score (nSPS) is 28.9. The van der Waals surface area contributed by atoms with Crippen molar-refractivity contribution in [1.29, 1.82) is 0 Å². The van der Waals surface area contributed by atoms with Gasteiger partial charge in [-0.2, -0.15) is 57.5 Å². The number of nitrogens with zero attached hydrogens (tertiary/aromatic N) is 3. The fourth-order valence-corrected chi connectivity index (χ4v) is 15.7. The van der Waals surface area contributed by atoms with Gasteiger partial charge in [0.25, 0.3) is 5.91 Å². The molecule has 1 rings (SSSR count). The number of hydrogen-bond donors (Lipinski definition) is 0. The number of rotatable bonds is 6. The molecule has 0 amide bonds. The third-order valence-electron chi connectivity index (χ3n) is 2.31. The van der Waals surface area contributed by atoms with E-state index < -0.39 is 56.9 Å². The smallest absolute Gasteiger partial charge is 0.309 e. The minimum absolute atomic E-state index is 2.45. The van der Waals surface area contributed by atoms with Crippen LogP contribution in [0.3, 0.4) is 0 Å². The lowest BCUT2D eigenvalue weighted by atomic mass is 10.3. The largest absolute Gasteiger partial charge is 0.455 e. The third kappa shape index (κ3) is 7.05. The molecule has 0 aromatic rings. The second kappa shape index (κ2) is 8.20. The second-order valence-corrected chi connectivity index (χ2v) is 16.1. The highest BCUT2D eigenvalue weighted by Crippen LogP contribution is 2.85.